The quantitative estimate of drug-likeness (QED) is 0.642. The highest BCUT2D eigenvalue weighted by Crippen LogP contribution is 2.33. The fourth-order valence-electron chi connectivity index (χ4n) is 2.15. The van der Waals surface area contributed by atoms with Gasteiger partial charge in [-0.2, -0.15) is 5.10 Å². The second-order valence-corrected chi connectivity index (χ2v) is 6.03. The van der Waals surface area contributed by atoms with E-state index in [0.29, 0.717) is 5.69 Å². The second-order valence-electron chi connectivity index (χ2n) is 5.00. The number of carbonyl (C=O) groups is 1. The van der Waals surface area contributed by atoms with Crippen molar-refractivity contribution in [2.24, 2.45) is 0 Å². The Bertz CT molecular complexity index is 904. The molecular weight excluding hydrogens is 352 g/mol. The first-order valence-corrected chi connectivity index (χ1v) is 7.96. The minimum Gasteiger partial charge on any atom is -0.394 e. The van der Waals surface area contributed by atoms with Crippen LogP contribution in [0.4, 0.5) is 19.5 Å². The maximum absolute atomic E-state index is 13.9. The number of aliphatic hydroxyl groups excluding tert-OH is 1. The first-order chi connectivity index (χ1) is 12.0. The van der Waals surface area contributed by atoms with E-state index in [1.54, 1.807) is 0 Å². The van der Waals surface area contributed by atoms with Gasteiger partial charge in [-0.25, -0.2) is 13.8 Å². The average Bonchev–Trinajstić information content (AvgIpc) is 3.14. The molecule has 25 heavy (non-hydrogen) atoms. The minimum absolute atomic E-state index is 0.0192. The lowest BCUT2D eigenvalue weighted by molar-refractivity contribution is 0.102. The van der Waals surface area contributed by atoms with Crippen LogP contribution in [-0.2, 0) is 6.54 Å². The summed E-state index contributed by atoms with van der Waals surface area (Å²) >= 11 is 0.820. The van der Waals surface area contributed by atoms with Crippen LogP contribution in [0.5, 0.6) is 0 Å². The van der Waals surface area contributed by atoms with Gasteiger partial charge in [0.15, 0.2) is 5.69 Å². The topological polar surface area (TPSA) is 106 Å². The Morgan fingerprint density at radius 3 is 2.76 bits per heavy atom. The summed E-state index contributed by atoms with van der Waals surface area (Å²) < 4.78 is 29.2. The molecule has 0 unspecified atom stereocenters. The van der Waals surface area contributed by atoms with Crippen LogP contribution in [-0.4, -0.2) is 32.4 Å². The summed E-state index contributed by atoms with van der Waals surface area (Å²) in [4.78, 5) is 16.3. The van der Waals surface area contributed by atoms with Crippen molar-refractivity contribution in [3.05, 3.63) is 47.9 Å². The fraction of sp³-hybridized carbons (Fsp3) is 0.133. The number of amides is 1. The molecule has 0 aliphatic heterocycles. The van der Waals surface area contributed by atoms with Gasteiger partial charge in [-0.3, -0.25) is 9.48 Å². The van der Waals surface area contributed by atoms with E-state index in [-0.39, 0.29) is 34.4 Å². The van der Waals surface area contributed by atoms with Crippen molar-refractivity contribution in [1.82, 2.24) is 14.8 Å². The number of nitrogen functional groups attached to an aromatic ring is 1. The Morgan fingerprint density at radius 1 is 1.36 bits per heavy atom. The van der Waals surface area contributed by atoms with Crippen molar-refractivity contribution in [1.29, 1.82) is 0 Å². The lowest BCUT2D eigenvalue weighted by Gasteiger charge is -2.01. The Hall–Kier alpha value is -2.85. The Balaban J connectivity index is 1.85. The number of aromatic nitrogens is 3. The molecular formula is C15H13F2N5O2S. The van der Waals surface area contributed by atoms with E-state index in [1.165, 1.54) is 23.1 Å². The summed E-state index contributed by atoms with van der Waals surface area (Å²) in [5.41, 5.74) is 5.71. The number of benzene rings is 1. The molecule has 0 spiro atoms. The number of hydrogen-bond donors (Lipinski definition) is 3. The number of nitrogens with one attached hydrogen (secondary N) is 1. The van der Waals surface area contributed by atoms with Crippen LogP contribution in [0.15, 0.2) is 30.6 Å². The third-order valence-electron chi connectivity index (χ3n) is 3.27. The highest BCUT2D eigenvalue weighted by molar-refractivity contribution is 7.19. The van der Waals surface area contributed by atoms with E-state index < -0.39 is 17.5 Å². The van der Waals surface area contributed by atoms with Gasteiger partial charge in [0.25, 0.3) is 5.91 Å². The van der Waals surface area contributed by atoms with E-state index in [2.05, 4.69) is 15.4 Å². The van der Waals surface area contributed by atoms with Crippen molar-refractivity contribution >= 4 is 27.9 Å². The predicted molar refractivity (Wildman–Crippen MR) is 89.1 cm³/mol. The van der Waals surface area contributed by atoms with Crippen molar-refractivity contribution < 1.29 is 18.7 Å². The molecule has 2 aromatic heterocycles. The molecule has 1 aromatic carbocycles. The third-order valence-corrected chi connectivity index (χ3v) is 4.17. The van der Waals surface area contributed by atoms with Crippen molar-refractivity contribution in [2.45, 2.75) is 6.54 Å². The zero-order valence-electron chi connectivity index (χ0n) is 12.7. The minimum atomic E-state index is -0.786. The van der Waals surface area contributed by atoms with Gasteiger partial charge in [0, 0.05) is 6.20 Å². The van der Waals surface area contributed by atoms with Crippen LogP contribution in [0.2, 0.25) is 0 Å². The van der Waals surface area contributed by atoms with Gasteiger partial charge in [-0.1, -0.05) is 17.4 Å². The van der Waals surface area contributed by atoms with Crippen LogP contribution >= 0.6 is 11.3 Å². The van der Waals surface area contributed by atoms with Crippen LogP contribution in [0.25, 0.3) is 10.6 Å². The molecule has 10 heteroatoms. The molecule has 0 fully saturated rings. The predicted octanol–water partition coefficient (Wildman–Crippen LogP) is 2.11. The molecule has 0 bridgehead atoms. The van der Waals surface area contributed by atoms with Crippen LogP contribution in [0.1, 0.15) is 10.5 Å². The number of nitrogens with two attached hydrogens (primary N) is 1. The summed E-state index contributed by atoms with van der Waals surface area (Å²) in [5.74, 6) is -2.20. The fourth-order valence-corrected chi connectivity index (χ4v) is 3.02. The highest BCUT2D eigenvalue weighted by Gasteiger charge is 2.21. The maximum atomic E-state index is 13.9. The summed E-state index contributed by atoms with van der Waals surface area (Å²) in [6, 6.07) is 3.44. The van der Waals surface area contributed by atoms with E-state index >= 15 is 0 Å². The van der Waals surface area contributed by atoms with E-state index in [9.17, 15) is 13.6 Å². The molecule has 4 N–H and O–H groups in total. The zero-order chi connectivity index (χ0) is 18.0. The smallest absolute Gasteiger partial charge is 0.277 e. The third kappa shape index (κ3) is 3.49. The van der Waals surface area contributed by atoms with Gasteiger partial charge in [0.05, 0.1) is 30.6 Å². The standard InChI is InChI=1S/C15H13F2N5O2S/c16-9-2-1-3-10(17)11(9)15-21-12(13(18)25-15)14(24)20-8-6-19-22(7-8)4-5-23/h1-3,6-7,23H,4-5,18H2,(H,20,24). The van der Waals surface area contributed by atoms with Gasteiger partial charge >= 0.3 is 0 Å². The summed E-state index contributed by atoms with van der Waals surface area (Å²) in [7, 11) is 0. The molecule has 3 rings (SSSR count). The molecule has 3 aromatic rings. The van der Waals surface area contributed by atoms with E-state index in [0.717, 1.165) is 23.5 Å². The van der Waals surface area contributed by atoms with E-state index in [1.807, 2.05) is 0 Å². The number of anilines is 2. The molecule has 1 amide bonds. The van der Waals surface area contributed by atoms with Crippen LogP contribution in [0.3, 0.4) is 0 Å². The molecule has 0 radical (unpaired) electrons. The summed E-state index contributed by atoms with van der Waals surface area (Å²) in [5, 5.41) is 15.4. The number of thiazole rings is 1. The first kappa shape index (κ1) is 17.0. The Kier molecular flexibility index (Phi) is 4.72. The van der Waals surface area contributed by atoms with Crippen LogP contribution in [0, 0.1) is 11.6 Å². The first-order valence-electron chi connectivity index (χ1n) is 7.15. The Morgan fingerprint density at radius 2 is 2.08 bits per heavy atom. The van der Waals surface area contributed by atoms with Gasteiger partial charge in [-0.05, 0) is 12.1 Å². The molecule has 7 nitrogen and oxygen atoms in total. The van der Waals surface area contributed by atoms with Gasteiger partial charge in [0.2, 0.25) is 0 Å². The largest absolute Gasteiger partial charge is 0.394 e. The van der Waals surface area contributed by atoms with Gasteiger partial charge in [-0.15, -0.1) is 0 Å². The lowest BCUT2D eigenvalue weighted by Crippen LogP contribution is -2.13. The van der Waals surface area contributed by atoms with Gasteiger partial charge < -0.3 is 16.2 Å². The normalized spacial score (nSPS) is 10.8. The number of rotatable bonds is 5. The van der Waals surface area contributed by atoms with Crippen molar-refractivity contribution in [3.63, 3.8) is 0 Å². The lowest BCUT2D eigenvalue weighted by atomic mass is 10.2. The molecule has 130 valence electrons. The molecule has 0 aliphatic carbocycles. The summed E-state index contributed by atoms with van der Waals surface area (Å²) in [6.45, 7) is 0.192. The monoisotopic (exact) mass is 365 g/mol. The number of nitrogens with zero attached hydrogens (tertiary/aromatic N) is 3. The maximum Gasteiger partial charge on any atom is 0.277 e. The van der Waals surface area contributed by atoms with E-state index in [4.69, 9.17) is 10.8 Å². The second kappa shape index (κ2) is 6.95. The average molecular weight is 365 g/mol. The van der Waals surface area contributed by atoms with Crippen LogP contribution < -0.4 is 11.1 Å². The molecule has 0 saturated carbocycles. The SMILES string of the molecule is Nc1sc(-c2c(F)cccc2F)nc1C(=O)Nc1cnn(CCO)c1. The molecule has 0 saturated heterocycles. The number of aliphatic hydroxyl groups is 1. The molecule has 2 heterocycles. The number of carbonyl (C=O) groups excluding carboxylic acids is 1. The van der Waals surface area contributed by atoms with Crippen molar-refractivity contribution in [3.8, 4) is 10.6 Å². The number of halogens is 2. The zero-order valence-corrected chi connectivity index (χ0v) is 13.6. The van der Waals surface area contributed by atoms with Gasteiger partial charge in [0.1, 0.15) is 21.6 Å². The Labute approximate surface area is 144 Å². The highest BCUT2D eigenvalue weighted by atomic mass is 32.1. The van der Waals surface area contributed by atoms with Crippen molar-refractivity contribution in [2.75, 3.05) is 17.7 Å². The number of hydrogen-bond acceptors (Lipinski definition) is 6. The summed E-state index contributed by atoms with van der Waals surface area (Å²) in [6.07, 6.45) is 2.92. The molecule has 0 aliphatic rings. The molecule has 0 atom stereocenters.